The molecule has 3 aromatic carbocycles. The summed E-state index contributed by atoms with van der Waals surface area (Å²) in [5.41, 5.74) is 10.9. The predicted molar refractivity (Wildman–Crippen MR) is 128 cm³/mol. The van der Waals surface area contributed by atoms with E-state index in [1.54, 1.807) is 0 Å². The monoisotopic (exact) mass is 424 g/mol. The van der Waals surface area contributed by atoms with E-state index in [4.69, 9.17) is 10.7 Å². The van der Waals surface area contributed by atoms with Crippen LogP contribution in [0.25, 0.3) is 0 Å². The van der Waals surface area contributed by atoms with Crippen LogP contribution in [0, 0.1) is 10.1 Å². The normalized spacial score (nSPS) is 10.6. The van der Waals surface area contributed by atoms with Crippen molar-refractivity contribution in [3.63, 3.8) is 0 Å². The van der Waals surface area contributed by atoms with Crippen LogP contribution in [0.5, 0.6) is 0 Å². The van der Waals surface area contributed by atoms with Gasteiger partial charge in [-0.15, -0.1) is 0 Å². The van der Waals surface area contributed by atoms with Crippen LogP contribution in [0.2, 0.25) is 0 Å². The third-order valence-corrected chi connectivity index (χ3v) is 5.32. The van der Waals surface area contributed by atoms with Crippen LogP contribution >= 0.6 is 0 Å². The summed E-state index contributed by atoms with van der Waals surface area (Å²) >= 11 is 0. The third kappa shape index (κ3) is 4.92. The second kappa shape index (κ2) is 9.75. The molecule has 0 radical (unpaired) electrons. The minimum absolute atomic E-state index is 0.162. The van der Waals surface area contributed by atoms with Crippen LogP contribution < -0.4 is 11.1 Å². The number of hydrogen-bond acceptors (Lipinski definition) is 5. The minimum Gasteiger partial charge on any atom is -0.393 e. The molecule has 1 heterocycles. The van der Waals surface area contributed by atoms with E-state index >= 15 is 0 Å². The van der Waals surface area contributed by atoms with E-state index < -0.39 is 4.92 Å². The molecule has 0 aliphatic heterocycles. The highest BCUT2D eigenvalue weighted by molar-refractivity contribution is 5.76. The lowest BCUT2D eigenvalue weighted by molar-refractivity contribution is -0.383. The fraction of sp³-hybridized carbons (Fsp3) is 0.115. The van der Waals surface area contributed by atoms with Gasteiger partial charge in [-0.3, -0.25) is 10.1 Å². The largest absolute Gasteiger partial charge is 0.393 e. The van der Waals surface area contributed by atoms with Crippen LogP contribution in [-0.4, -0.2) is 9.91 Å². The van der Waals surface area contributed by atoms with Gasteiger partial charge in [-0.05, 0) is 16.7 Å². The number of rotatable bonds is 8. The van der Waals surface area contributed by atoms with Crippen molar-refractivity contribution in [1.82, 2.24) is 4.98 Å². The van der Waals surface area contributed by atoms with Gasteiger partial charge in [0.2, 0.25) is 5.82 Å². The molecule has 3 N–H and O–H groups in total. The van der Waals surface area contributed by atoms with Gasteiger partial charge in [0.1, 0.15) is 5.69 Å². The summed E-state index contributed by atoms with van der Waals surface area (Å²) < 4.78 is 0. The van der Waals surface area contributed by atoms with Gasteiger partial charge in [-0.25, -0.2) is 4.98 Å². The Morgan fingerprint density at radius 1 is 0.781 bits per heavy atom. The Morgan fingerprint density at radius 2 is 1.28 bits per heavy atom. The van der Waals surface area contributed by atoms with Gasteiger partial charge in [0, 0.05) is 24.9 Å². The van der Waals surface area contributed by atoms with Crippen LogP contribution in [0.3, 0.4) is 0 Å². The predicted octanol–water partition coefficient (Wildman–Crippen LogP) is 5.37. The summed E-state index contributed by atoms with van der Waals surface area (Å²) in [7, 11) is 0. The number of benzene rings is 3. The standard InChI is InChI=1S/C26H24N4O2/c27-24-22(16-19-10-4-1-5-11-19)23(17-20-12-6-2-7-13-20)29-26(25(24)30(31)32)28-18-21-14-8-3-9-15-21/h1-15H,16-18H2,(H3,27,28,29). The number of nitrogens with one attached hydrogen (secondary N) is 1. The average molecular weight is 425 g/mol. The van der Waals surface area contributed by atoms with Crippen molar-refractivity contribution < 1.29 is 4.92 Å². The highest BCUT2D eigenvalue weighted by atomic mass is 16.6. The molecule has 0 bridgehead atoms. The summed E-state index contributed by atoms with van der Waals surface area (Å²) in [4.78, 5) is 16.3. The summed E-state index contributed by atoms with van der Waals surface area (Å²) in [5, 5.41) is 15.1. The molecule has 4 rings (SSSR count). The second-order valence-corrected chi connectivity index (χ2v) is 7.57. The highest BCUT2D eigenvalue weighted by Gasteiger charge is 2.26. The molecule has 0 spiro atoms. The molecule has 32 heavy (non-hydrogen) atoms. The molecule has 0 saturated carbocycles. The van der Waals surface area contributed by atoms with E-state index in [-0.39, 0.29) is 17.2 Å². The number of nitrogens with zero attached hydrogens (tertiary/aromatic N) is 2. The van der Waals surface area contributed by atoms with Gasteiger partial charge in [0.25, 0.3) is 0 Å². The van der Waals surface area contributed by atoms with Crippen molar-refractivity contribution in [2.75, 3.05) is 11.1 Å². The van der Waals surface area contributed by atoms with Gasteiger partial charge < -0.3 is 11.1 Å². The maximum atomic E-state index is 12.0. The topological polar surface area (TPSA) is 94.1 Å². The van der Waals surface area contributed by atoms with Crippen molar-refractivity contribution in [3.05, 3.63) is 129 Å². The lowest BCUT2D eigenvalue weighted by Crippen LogP contribution is -2.13. The summed E-state index contributed by atoms with van der Waals surface area (Å²) in [6.45, 7) is 0.414. The number of nitrogen functional groups attached to an aromatic ring is 1. The zero-order valence-electron chi connectivity index (χ0n) is 17.6. The Bertz CT molecular complexity index is 1200. The van der Waals surface area contributed by atoms with Crippen LogP contribution in [0.1, 0.15) is 27.9 Å². The number of nitrogens with two attached hydrogens (primary N) is 1. The van der Waals surface area contributed by atoms with Crippen LogP contribution in [-0.2, 0) is 19.4 Å². The van der Waals surface area contributed by atoms with Gasteiger partial charge >= 0.3 is 5.69 Å². The van der Waals surface area contributed by atoms with Crippen molar-refractivity contribution in [2.45, 2.75) is 19.4 Å². The molecule has 0 amide bonds. The lowest BCUT2D eigenvalue weighted by atomic mass is 9.97. The molecular formula is C26H24N4O2. The molecule has 160 valence electrons. The molecule has 1 aromatic heterocycles. The maximum Gasteiger partial charge on any atom is 0.334 e. The Balaban J connectivity index is 1.78. The molecule has 6 nitrogen and oxygen atoms in total. The van der Waals surface area contributed by atoms with E-state index in [2.05, 4.69) is 5.32 Å². The Hall–Kier alpha value is -4.19. The quantitative estimate of drug-likeness (QED) is 0.293. The lowest BCUT2D eigenvalue weighted by Gasteiger charge is -2.16. The van der Waals surface area contributed by atoms with Crippen molar-refractivity contribution in [2.24, 2.45) is 0 Å². The maximum absolute atomic E-state index is 12.0. The smallest absolute Gasteiger partial charge is 0.334 e. The number of hydrogen-bond donors (Lipinski definition) is 2. The van der Waals surface area contributed by atoms with Crippen molar-refractivity contribution in [1.29, 1.82) is 0 Å². The number of pyridine rings is 1. The first-order valence-electron chi connectivity index (χ1n) is 10.4. The van der Waals surface area contributed by atoms with Gasteiger partial charge in [-0.2, -0.15) is 0 Å². The first kappa shape index (κ1) is 21.1. The van der Waals surface area contributed by atoms with E-state index in [1.165, 1.54) is 0 Å². The van der Waals surface area contributed by atoms with Crippen LogP contribution in [0.4, 0.5) is 17.2 Å². The molecule has 0 aliphatic rings. The molecular weight excluding hydrogens is 400 g/mol. The summed E-state index contributed by atoms with van der Waals surface area (Å²) in [5.74, 6) is 0.194. The molecule has 0 aliphatic carbocycles. The Morgan fingerprint density at radius 3 is 1.81 bits per heavy atom. The fourth-order valence-electron chi connectivity index (χ4n) is 3.70. The molecule has 0 fully saturated rings. The Kier molecular flexibility index (Phi) is 6.41. The number of nitro groups is 1. The van der Waals surface area contributed by atoms with E-state index in [9.17, 15) is 10.1 Å². The molecule has 6 heteroatoms. The summed E-state index contributed by atoms with van der Waals surface area (Å²) in [6.07, 6.45) is 1.01. The van der Waals surface area contributed by atoms with E-state index in [1.807, 2.05) is 91.0 Å². The molecule has 4 aromatic rings. The zero-order valence-corrected chi connectivity index (χ0v) is 17.6. The van der Waals surface area contributed by atoms with Crippen LogP contribution in [0.15, 0.2) is 91.0 Å². The van der Waals surface area contributed by atoms with E-state index in [0.717, 1.165) is 22.4 Å². The molecule has 0 saturated heterocycles. The van der Waals surface area contributed by atoms with E-state index in [0.29, 0.717) is 24.9 Å². The third-order valence-electron chi connectivity index (χ3n) is 5.32. The van der Waals surface area contributed by atoms with Crippen molar-refractivity contribution in [3.8, 4) is 0 Å². The summed E-state index contributed by atoms with van der Waals surface area (Å²) in [6, 6.07) is 29.4. The van der Waals surface area contributed by atoms with Crippen molar-refractivity contribution >= 4 is 17.2 Å². The Labute approximate surface area is 186 Å². The van der Waals surface area contributed by atoms with Gasteiger partial charge in [0.15, 0.2) is 0 Å². The SMILES string of the molecule is Nc1c(Cc2ccccc2)c(Cc2ccccc2)nc(NCc2ccccc2)c1[N+](=O)[O-]. The first-order valence-corrected chi connectivity index (χ1v) is 10.4. The average Bonchev–Trinajstić information content (AvgIpc) is 2.82. The first-order chi connectivity index (χ1) is 15.6. The highest BCUT2D eigenvalue weighted by Crippen LogP contribution is 2.36. The number of aromatic nitrogens is 1. The van der Waals surface area contributed by atoms with Gasteiger partial charge in [0.05, 0.1) is 10.6 Å². The minimum atomic E-state index is -0.448. The fourth-order valence-corrected chi connectivity index (χ4v) is 3.70. The zero-order chi connectivity index (χ0) is 22.3. The van der Waals surface area contributed by atoms with Gasteiger partial charge in [-0.1, -0.05) is 91.0 Å². The molecule has 0 atom stereocenters. The second-order valence-electron chi connectivity index (χ2n) is 7.57. The number of anilines is 2. The molecule has 0 unspecified atom stereocenters.